The Balaban J connectivity index is 2.54. The molecule has 0 saturated carbocycles. The van der Waals surface area contributed by atoms with Crippen molar-refractivity contribution in [1.29, 1.82) is 0 Å². The van der Waals surface area contributed by atoms with Gasteiger partial charge >= 0.3 is 0 Å². The fourth-order valence-electron chi connectivity index (χ4n) is 1.47. The molecule has 100 valence electrons. The van der Waals surface area contributed by atoms with E-state index < -0.39 is 0 Å². The molecule has 0 spiro atoms. The SMILES string of the molecule is CN(CCC(=O)c1ccc(Cl)cc1)C(C)(C)CO. The van der Waals surface area contributed by atoms with Crippen molar-refractivity contribution in [2.24, 2.45) is 0 Å². The average Bonchev–Trinajstić information content (AvgIpc) is 2.36. The van der Waals surface area contributed by atoms with Crippen LogP contribution in [0.5, 0.6) is 0 Å². The third-order valence-corrected chi connectivity index (χ3v) is 3.51. The molecule has 0 atom stereocenters. The van der Waals surface area contributed by atoms with Gasteiger partial charge in [0.1, 0.15) is 0 Å². The van der Waals surface area contributed by atoms with E-state index in [4.69, 9.17) is 11.6 Å². The lowest BCUT2D eigenvalue weighted by Gasteiger charge is -2.33. The molecule has 1 aromatic rings. The van der Waals surface area contributed by atoms with Crippen LogP contribution in [0.1, 0.15) is 30.6 Å². The van der Waals surface area contributed by atoms with Crippen LogP contribution in [0.4, 0.5) is 0 Å². The number of carbonyl (C=O) groups excluding carboxylic acids is 1. The van der Waals surface area contributed by atoms with E-state index in [1.54, 1.807) is 24.3 Å². The first-order valence-electron chi connectivity index (χ1n) is 5.97. The molecule has 1 aromatic carbocycles. The lowest BCUT2D eigenvalue weighted by atomic mass is 10.0. The molecule has 0 aliphatic rings. The third-order valence-electron chi connectivity index (χ3n) is 3.26. The highest BCUT2D eigenvalue weighted by Gasteiger charge is 2.22. The molecular formula is C14H20ClNO2. The molecule has 0 saturated heterocycles. The normalized spacial score (nSPS) is 11.9. The van der Waals surface area contributed by atoms with Crippen molar-refractivity contribution >= 4 is 17.4 Å². The van der Waals surface area contributed by atoms with Crippen LogP contribution < -0.4 is 0 Å². The van der Waals surface area contributed by atoms with Crippen LogP contribution >= 0.6 is 11.6 Å². The van der Waals surface area contributed by atoms with E-state index in [0.717, 1.165) is 0 Å². The zero-order valence-corrected chi connectivity index (χ0v) is 11.9. The molecule has 3 nitrogen and oxygen atoms in total. The number of hydrogen-bond acceptors (Lipinski definition) is 3. The fraction of sp³-hybridized carbons (Fsp3) is 0.500. The second kappa shape index (κ2) is 6.32. The maximum Gasteiger partial charge on any atom is 0.164 e. The average molecular weight is 270 g/mol. The topological polar surface area (TPSA) is 40.5 Å². The largest absolute Gasteiger partial charge is 0.394 e. The lowest BCUT2D eigenvalue weighted by molar-refractivity contribution is 0.0725. The van der Waals surface area contributed by atoms with Crippen LogP contribution in [-0.4, -0.2) is 41.5 Å². The second-order valence-electron chi connectivity index (χ2n) is 5.07. The van der Waals surface area contributed by atoms with E-state index in [9.17, 15) is 9.90 Å². The van der Waals surface area contributed by atoms with Crippen LogP contribution in [0.3, 0.4) is 0 Å². The number of rotatable bonds is 6. The highest BCUT2D eigenvalue weighted by atomic mass is 35.5. The predicted molar refractivity (Wildman–Crippen MR) is 74.2 cm³/mol. The summed E-state index contributed by atoms with van der Waals surface area (Å²) in [5, 5.41) is 9.87. The van der Waals surface area contributed by atoms with Crippen molar-refractivity contribution < 1.29 is 9.90 Å². The highest BCUT2D eigenvalue weighted by molar-refractivity contribution is 6.30. The Labute approximate surface area is 113 Å². The summed E-state index contributed by atoms with van der Waals surface area (Å²) in [5.74, 6) is 0.0901. The van der Waals surface area contributed by atoms with Gasteiger partial charge in [-0.15, -0.1) is 0 Å². The number of likely N-dealkylation sites (N-methyl/N-ethyl adjacent to an activating group) is 1. The molecule has 0 heterocycles. The van der Waals surface area contributed by atoms with Gasteiger partial charge in [0.15, 0.2) is 5.78 Å². The Bertz CT molecular complexity index is 401. The van der Waals surface area contributed by atoms with Crippen molar-refractivity contribution in [3.63, 3.8) is 0 Å². The highest BCUT2D eigenvalue weighted by Crippen LogP contribution is 2.14. The third kappa shape index (κ3) is 4.09. The van der Waals surface area contributed by atoms with Crippen LogP contribution in [-0.2, 0) is 0 Å². The first-order chi connectivity index (χ1) is 8.36. The Morgan fingerprint density at radius 3 is 2.39 bits per heavy atom. The molecule has 18 heavy (non-hydrogen) atoms. The molecule has 0 aliphatic heterocycles. The van der Waals surface area contributed by atoms with Gasteiger partial charge in [-0.2, -0.15) is 0 Å². The monoisotopic (exact) mass is 269 g/mol. The van der Waals surface area contributed by atoms with Gasteiger partial charge in [0.25, 0.3) is 0 Å². The molecule has 1 rings (SSSR count). The number of ketones is 1. The number of hydrogen-bond donors (Lipinski definition) is 1. The summed E-state index contributed by atoms with van der Waals surface area (Å²) >= 11 is 5.78. The lowest BCUT2D eigenvalue weighted by Crippen LogP contribution is -2.45. The summed E-state index contributed by atoms with van der Waals surface area (Å²) in [6.45, 7) is 4.58. The number of aliphatic hydroxyl groups is 1. The zero-order valence-electron chi connectivity index (χ0n) is 11.1. The fourth-order valence-corrected chi connectivity index (χ4v) is 1.60. The van der Waals surface area contributed by atoms with Gasteiger partial charge in [0.2, 0.25) is 0 Å². The first-order valence-corrected chi connectivity index (χ1v) is 6.35. The van der Waals surface area contributed by atoms with Gasteiger partial charge in [-0.05, 0) is 45.2 Å². The van der Waals surface area contributed by atoms with Gasteiger partial charge < -0.3 is 5.11 Å². The Morgan fingerprint density at radius 2 is 1.89 bits per heavy atom. The van der Waals surface area contributed by atoms with Crippen LogP contribution in [0.2, 0.25) is 5.02 Å². The Kier molecular flexibility index (Phi) is 5.32. The molecule has 0 radical (unpaired) electrons. The van der Waals surface area contributed by atoms with Crippen molar-refractivity contribution in [2.45, 2.75) is 25.8 Å². The van der Waals surface area contributed by atoms with E-state index in [-0.39, 0.29) is 17.9 Å². The minimum atomic E-state index is -0.305. The molecule has 1 N–H and O–H groups in total. The van der Waals surface area contributed by atoms with E-state index in [1.165, 1.54) is 0 Å². The summed E-state index contributed by atoms with van der Waals surface area (Å²) < 4.78 is 0. The van der Waals surface area contributed by atoms with Crippen molar-refractivity contribution in [1.82, 2.24) is 4.90 Å². The van der Waals surface area contributed by atoms with Crippen LogP contribution in [0, 0.1) is 0 Å². The molecule has 0 aliphatic carbocycles. The number of halogens is 1. The summed E-state index contributed by atoms with van der Waals surface area (Å²) in [7, 11) is 1.91. The van der Waals surface area contributed by atoms with Crippen LogP contribution in [0.15, 0.2) is 24.3 Å². The van der Waals surface area contributed by atoms with Gasteiger partial charge in [-0.25, -0.2) is 0 Å². The molecule has 0 aromatic heterocycles. The summed E-state index contributed by atoms with van der Waals surface area (Å²) in [6, 6.07) is 6.91. The quantitative estimate of drug-likeness (QED) is 0.807. The van der Waals surface area contributed by atoms with Crippen molar-refractivity contribution in [3.8, 4) is 0 Å². The summed E-state index contributed by atoms with van der Waals surface area (Å²) in [5.41, 5.74) is 0.370. The number of carbonyl (C=O) groups is 1. The smallest absolute Gasteiger partial charge is 0.164 e. The van der Waals surface area contributed by atoms with E-state index >= 15 is 0 Å². The van der Waals surface area contributed by atoms with Crippen molar-refractivity contribution in [3.05, 3.63) is 34.9 Å². The maximum absolute atomic E-state index is 11.9. The van der Waals surface area contributed by atoms with Gasteiger partial charge in [-0.1, -0.05) is 11.6 Å². The molecule has 0 fully saturated rings. The Hall–Kier alpha value is -0.900. The second-order valence-corrected chi connectivity index (χ2v) is 5.51. The number of Topliss-reactive ketones (excluding diaryl/α,β-unsaturated/α-hetero) is 1. The van der Waals surface area contributed by atoms with Gasteiger partial charge in [0.05, 0.1) is 6.61 Å². The van der Waals surface area contributed by atoms with E-state index in [2.05, 4.69) is 0 Å². The van der Waals surface area contributed by atoms with Gasteiger partial charge in [0, 0.05) is 29.1 Å². The molecule has 0 amide bonds. The van der Waals surface area contributed by atoms with E-state index in [1.807, 2.05) is 25.8 Å². The molecule has 0 bridgehead atoms. The predicted octanol–water partition coefficient (Wildman–Crippen LogP) is 2.62. The molecule has 4 heteroatoms. The first kappa shape index (κ1) is 15.2. The van der Waals surface area contributed by atoms with Crippen molar-refractivity contribution in [2.75, 3.05) is 20.2 Å². The number of nitrogens with zero attached hydrogens (tertiary/aromatic N) is 1. The zero-order chi connectivity index (χ0) is 13.8. The van der Waals surface area contributed by atoms with Crippen LogP contribution in [0.25, 0.3) is 0 Å². The number of aliphatic hydroxyl groups excluding tert-OH is 1. The van der Waals surface area contributed by atoms with Gasteiger partial charge in [-0.3, -0.25) is 9.69 Å². The standard InChI is InChI=1S/C14H20ClNO2/c1-14(2,10-17)16(3)9-8-13(18)11-4-6-12(15)7-5-11/h4-7,17H,8-10H2,1-3H3. The minimum Gasteiger partial charge on any atom is -0.394 e. The Morgan fingerprint density at radius 1 is 1.33 bits per heavy atom. The maximum atomic E-state index is 11.9. The molecular weight excluding hydrogens is 250 g/mol. The molecule has 0 unspecified atom stereocenters. The van der Waals surface area contributed by atoms with E-state index in [0.29, 0.717) is 23.6 Å². The summed E-state index contributed by atoms with van der Waals surface area (Å²) in [6.07, 6.45) is 0.432. The summed E-state index contributed by atoms with van der Waals surface area (Å²) in [4.78, 5) is 13.9. The number of benzene rings is 1. The minimum absolute atomic E-state index is 0.0681.